The number of hydrogen-bond donors (Lipinski definition) is 3. The number of benzene rings is 2. The fourth-order valence-electron chi connectivity index (χ4n) is 5.28. The van der Waals surface area contributed by atoms with Gasteiger partial charge in [0.15, 0.2) is 0 Å². The SMILES string of the molecule is CC1=C(N2CCOCC2)C=CCC1c1cccc2[nH]c(-c3c(N)c4ccccc4[nH]c3=O)nc12. The van der Waals surface area contributed by atoms with Crippen molar-refractivity contribution in [1.82, 2.24) is 19.9 Å². The third-order valence-electron chi connectivity index (χ3n) is 7.04. The number of hydrogen-bond acceptors (Lipinski definition) is 5. The van der Waals surface area contributed by atoms with Gasteiger partial charge in [0.1, 0.15) is 11.4 Å². The lowest BCUT2D eigenvalue weighted by molar-refractivity contribution is 0.0546. The minimum absolute atomic E-state index is 0.218. The van der Waals surface area contributed by atoms with Crippen molar-refractivity contribution < 1.29 is 4.74 Å². The summed E-state index contributed by atoms with van der Waals surface area (Å²) >= 11 is 0. The van der Waals surface area contributed by atoms with Crippen LogP contribution in [0.2, 0.25) is 0 Å². The normalized spacial score (nSPS) is 18.9. The van der Waals surface area contributed by atoms with E-state index in [4.69, 9.17) is 15.5 Å². The van der Waals surface area contributed by atoms with Crippen molar-refractivity contribution in [3.05, 3.63) is 81.8 Å². The number of ether oxygens (including phenoxy) is 1. The van der Waals surface area contributed by atoms with Crippen LogP contribution in [-0.4, -0.2) is 46.2 Å². The van der Waals surface area contributed by atoms with E-state index < -0.39 is 0 Å². The summed E-state index contributed by atoms with van der Waals surface area (Å²) < 4.78 is 5.54. The maximum atomic E-state index is 13.0. The monoisotopic (exact) mass is 453 g/mol. The number of para-hydroxylation sites is 2. The Labute approximate surface area is 196 Å². The van der Waals surface area contributed by atoms with Gasteiger partial charge in [-0.2, -0.15) is 0 Å². The number of H-pyrrole nitrogens is 2. The van der Waals surface area contributed by atoms with Crippen molar-refractivity contribution in [3.8, 4) is 11.4 Å². The molecule has 2 aromatic carbocycles. The zero-order valence-corrected chi connectivity index (χ0v) is 19.1. The molecule has 4 N–H and O–H groups in total. The minimum atomic E-state index is -0.247. The lowest BCUT2D eigenvalue weighted by Gasteiger charge is -2.34. The largest absolute Gasteiger partial charge is 0.397 e. The van der Waals surface area contributed by atoms with E-state index in [1.165, 1.54) is 11.3 Å². The number of rotatable bonds is 3. The predicted octanol–water partition coefficient (Wildman–Crippen LogP) is 4.30. The first-order chi connectivity index (χ1) is 16.6. The summed E-state index contributed by atoms with van der Waals surface area (Å²) in [5.74, 6) is 0.711. The van der Waals surface area contributed by atoms with Gasteiger partial charge in [-0.1, -0.05) is 36.4 Å². The van der Waals surface area contributed by atoms with Crippen molar-refractivity contribution in [2.24, 2.45) is 0 Å². The Morgan fingerprint density at radius 3 is 2.71 bits per heavy atom. The molecule has 172 valence electrons. The summed E-state index contributed by atoms with van der Waals surface area (Å²) in [7, 11) is 0. The Bertz CT molecular complexity index is 1520. The molecule has 1 aliphatic heterocycles. The van der Waals surface area contributed by atoms with E-state index in [1.54, 1.807) is 0 Å². The predicted molar refractivity (Wildman–Crippen MR) is 136 cm³/mol. The number of allylic oxidation sites excluding steroid dienone is 3. The molecule has 0 spiro atoms. The number of nitrogens with two attached hydrogens (primary N) is 1. The average Bonchev–Trinajstić information content (AvgIpc) is 3.29. The number of anilines is 1. The molecule has 7 heteroatoms. The number of nitrogens with zero attached hydrogens (tertiary/aromatic N) is 2. The molecule has 1 saturated heterocycles. The van der Waals surface area contributed by atoms with Crippen molar-refractivity contribution in [3.63, 3.8) is 0 Å². The number of nitrogens with one attached hydrogen (secondary N) is 2. The van der Waals surface area contributed by atoms with E-state index in [2.05, 4.69) is 40.0 Å². The number of nitrogen functional groups attached to an aromatic ring is 1. The molecule has 6 rings (SSSR count). The van der Waals surface area contributed by atoms with Gasteiger partial charge in [-0.25, -0.2) is 4.98 Å². The summed E-state index contributed by atoms with van der Waals surface area (Å²) in [6, 6.07) is 13.7. The van der Waals surface area contributed by atoms with Gasteiger partial charge in [0.05, 0.1) is 35.5 Å². The lowest BCUT2D eigenvalue weighted by Crippen LogP contribution is -2.36. The Balaban J connectivity index is 1.47. The third-order valence-corrected chi connectivity index (χ3v) is 7.04. The molecule has 1 atom stereocenters. The summed E-state index contributed by atoms with van der Waals surface area (Å²) in [6.45, 7) is 5.55. The molecule has 34 heavy (non-hydrogen) atoms. The Kier molecular flexibility index (Phi) is 4.99. The van der Waals surface area contributed by atoms with Crippen LogP contribution in [0, 0.1) is 0 Å². The summed E-state index contributed by atoms with van der Waals surface area (Å²) in [6.07, 6.45) is 5.41. The van der Waals surface area contributed by atoms with Crippen LogP contribution in [0.4, 0.5) is 5.69 Å². The van der Waals surface area contributed by atoms with Crippen LogP contribution in [0.1, 0.15) is 24.8 Å². The second-order valence-electron chi connectivity index (χ2n) is 8.98. The number of aromatic nitrogens is 3. The molecule has 1 fully saturated rings. The molecule has 2 aromatic heterocycles. The molecule has 0 radical (unpaired) electrons. The second-order valence-corrected chi connectivity index (χ2v) is 8.98. The number of morpholine rings is 1. The zero-order valence-electron chi connectivity index (χ0n) is 19.1. The molecule has 1 unspecified atom stereocenters. The van der Waals surface area contributed by atoms with E-state index >= 15 is 0 Å². The van der Waals surface area contributed by atoms with Gasteiger partial charge in [-0.15, -0.1) is 0 Å². The quantitative estimate of drug-likeness (QED) is 0.429. The molecule has 0 bridgehead atoms. The van der Waals surface area contributed by atoms with E-state index in [0.717, 1.165) is 60.2 Å². The van der Waals surface area contributed by atoms with Crippen LogP contribution in [0.5, 0.6) is 0 Å². The van der Waals surface area contributed by atoms with Gasteiger partial charge in [0.2, 0.25) is 0 Å². The summed E-state index contributed by atoms with van der Waals surface area (Å²) in [4.78, 5) is 26.6. The van der Waals surface area contributed by atoms with Gasteiger partial charge < -0.3 is 25.3 Å². The van der Waals surface area contributed by atoms with Crippen molar-refractivity contribution in [1.29, 1.82) is 0 Å². The second kappa shape index (κ2) is 8.18. The fourth-order valence-corrected chi connectivity index (χ4v) is 5.28. The Morgan fingerprint density at radius 2 is 1.85 bits per heavy atom. The molecular weight excluding hydrogens is 426 g/mol. The van der Waals surface area contributed by atoms with Gasteiger partial charge in [0.25, 0.3) is 5.56 Å². The first kappa shape index (κ1) is 20.7. The van der Waals surface area contributed by atoms with E-state index in [1.807, 2.05) is 36.4 Å². The highest BCUT2D eigenvalue weighted by Gasteiger charge is 2.26. The zero-order chi connectivity index (χ0) is 23.2. The van der Waals surface area contributed by atoms with Crippen LogP contribution < -0.4 is 11.3 Å². The number of pyridine rings is 1. The highest BCUT2D eigenvalue weighted by molar-refractivity contribution is 5.98. The molecule has 4 aromatic rings. The standard InChI is InChI=1S/C27H27N5O2/c1-16-17(7-5-11-22(16)32-12-14-34-15-13-32)18-8-4-10-21-25(18)31-26(29-21)23-24(28)19-6-2-3-9-20(19)30-27(23)33/h2-6,8-11,17H,7,12-15H2,1H3,(H,29,31)(H3,28,30,33). The first-order valence-electron chi connectivity index (χ1n) is 11.7. The molecular formula is C27H27N5O2. The molecule has 0 saturated carbocycles. The lowest BCUT2D eigenvalue weighted by atomic mass is 9.84. The fraction of sp³-hybridized carbons (Fsp3) is 0.259. The molecule has 2 aliphatic rings. The maximum absolute atomic E-state index is 13.0. The van der Waals surface area contributed by atoms with Crippen molar-refractivity contribution in [2.45, 2.75) is 19.3 Å². The summed E-state index contributed by atoms with van der Waals surface area (Å²) in [5.41, 5.74) is 13.3. The Morgan fingerprint density at radius 1 is 1.06 bits per heavy atom. The number of fused-ring (bicyclic) bond motifs is 2. The third kappa shape index (κ3) is 3.31. The van der Waals surface area contributed by atoms with Crippen LogP contribution in [0.15, 0.2) is 70.7 Å². The molecule has 1 aliphatic carbocycles. The van der Waals surface area contributed by atoms with E-state index in [9.17, 15) is 4.79 Å². The van der Waals surface area contributed by atoms with Crippen LogP contribution in [-0.2, 0) is 4.74 Å². The average molecular weight is 454 g/mol. The van der Waals surface area contributed by atoms with E-state index in [0.29, 0.717) is 17.1 Å². The van der Waals surface area contributed by atoms with Crippen molar-refractivity contribution in [2.75, 3.05) is 32.0 Å². The minimum Gasteiger partial charge on any atom is -0.397 e. The topological polar surface area (TPSA) is 100 Å². The van der Waals surface area contributed by atoms with Gasteiger partial charge in [-0.05, 0) is 42.7 Å². The molecule has 3 heterocycles. The molecule has 7 nitrogen and oxygen atoms in total. The van der Waals surface area contributed by atoms with Crippen molar-refractivity contribution >= 4 is 27.6 Å². The Hall–Kier alpha value is -3.84. The van der Waals surface area contributed by atoms with Gasteiger partial charge >= 0.3 is 0 Å². The van der Waals surface area contributed by atoms with Gasteiger partial charge in [0, 0.05) is 30.1 Å². The number of aromatic amines is 2. The smallest absolute Gasteiger partial charge is 0.261 e. The summed E-state index contributed by atoms with van der Waals surface area (Å²) in [5, 5.41) is 0.809. The van der Waals surface area contributed by atoms with Crippen LogP contribution in [0.3, 0.4) is 0 Å². The maximum Gasteiger partial charge on any atom is 0.261 e. The van der Waals surface area contributed by atoms with Crippen LogP contribution in [0.25, 0.3) is 33.3 Å². The van der Waals surface area contributed by atoms with Crippen LogP contribution >= 0.6 is 0 Å². The number of imidazole rings is 1. The first-order valence-corrected chi connectivity index (χ1v) is 11.7. The highest BCUT2D eigenvalue weighted by atomic mass is 16.5. The van der Waals surface area contributed by atoms with E-state index in [-0.39, 0.29) is 11.5 Å². The van der Waals surface area contributed by atoms with Gasteiger partial charge in [-0.3, -0.25) is 4.79 Å². The molecule has 0 amide bonds. The highest BCUT2D eigenvalue weighted by Crippen LogP contribution is 2.39.